The van der Waals surface area contributed by atoms with Crippen molar-refractivity contribution in [2.24, 2.45) is 0 Å². The van der Waals surface area contributed by atoms with Crippen LogP contribution in [-0.2, 0) is 0 Å². The van der Waals surface area contributed by atoms with Crippen LogP contribution in [0, 0.1) is 0 Å². The van der Waals surface area contributed by atoms with E-state index in [1.807, 2.05) is 7.05 Å². The van der Waals surface area contributed by atoms with Gasteiger partial charge in [-0.2, -0.15) is 0 Å². The molecule has 2 rings (SSSR count). The molecule has 1 saturated heterocycles. The molecule has 1 amide bonds. The Labute approximate surface area is 99.8 Å². The average molecular weight is 235 g/mol. The van der Waals surface area contributed by atoms with Gasteiger partial charge in [0, 0.05) is 18.7 Å². The van der Waals surface area contributed by atoms with Gasteiger partial charge in [0.05, 0.1) is 0 Å². The number of H-pyrrole nitrogens is 1. The first-order chi connectivity index (χ1) is 8.15. The van der Waals surface area contributed by atoms with Gasteiger partial charge in [0.1, 0.15) is 5.69 Å². The molecule has 0 aliphatic carbocycles. The molecule has 0 bridgehead atoms. The first-order valence-electron chi connectivity index (χ1n) is 5.84. The molecule has 5 nitrogen and oxygen atoms in total. The van der Waals surface area contributed by atoms with Gasteiger partial charge in [0.15, 0.2) is 0 Å². The Morgan fingerprint density at radius 3 is 3.06 bits per heavy atom. The summed E-state index contributed by atoms with van der Waals surface area (Å²) in [5.74, 6) is -0.206. The van der Waals surface area contributed by atoms with Gasteiger partial charge < -0.3 is 15.2 Å². The first-order valence-corrected chi connectivity index (χ1v) is 5.84. The Morgan fingerprint density at radius 2 is 2.35 bits per heavy atom. The van der Waals surface area contributed by atoms with Gasteiger partial charge in [0.2, 0.25) is 5.56 Å². The van der Waals surface area contributed by atoms with E-state index in [1.54, 1.807) is 12.1 Å². The van der Waals surface area contributed by atoms with Crippen molar-refractivity contribution in [3.05, 3.63) is 34.2 Å². The molecule has 1 aliphatic heterocycles. The second-order valence-corrected chi connectivity index (χ2v) is 4.50. The summed E-state index contributed by atoms with van der Waals surface area (Å²) in [4.78, 5) is 27.7. The largest absolute Gasteiger partial charge is 0.347 e. The molecule has 92 valence electrons. The predicted octanol–water partition coefficient (Wildman–Crippen LogP) is 0.199. The minimum Gasteiger partial charge on any atom is -0.347 e. The molecular formula is C12H17N3O2. The first kappa shape index (κ1) is 11.9. The van der Waals surface area contributed by atoms with Crippen LogP contribution >= 0.6 is 0 Å². The average Bonchev–Trinajstić information content (AvgIpc) is 2.29. The number of amides is 1. The molecule has 0 spiro atoms. The Bertz CT molecular complexity index is 455. The molecule has 0 saturated carbocycles. The van der Waals surface area contributed by atoms with Crippen LogP contribution < -0.4 is 10.9 Å². The molecule has 5 heteroatoms. The zero-order chi connectivity index (χ0) is 12.3. The summed E-state index contributed by atoms with van der Waals surface area (Å²) in [6.45, 7) is 1.94. The highest BCUT2D eigenvalue weighted by Crippen LogP contribution is 2.08. The molecule has 1 aliphatic rings. The minimum atomic E-state index is -0.251. The monoisotopic (exact) mass is 235 g/mol. The van der Waals surface area contributed by atoms with Crippen molar-refractivity contribution in [3.8, 4) is 0 Å². The quantitative estimate of drug-likeness (QED) is 0.769. The maximum absolute atomic E-state index is 11.9. The van der Waals surface area contributed by atoms with E-state index in [0.717, 1.165) is 25.9 Å². The second-order valence-electron chi connectivity index (χ2n) is 4.50. The summed E-state index contributed by atoms with van der Waals surface area (Å²) in [7, 11) is 2.04. The highest BCUT2D eigenvalue weighted by Gasteiger charge is 2.19. The lowest BCUT2D eigenvalue weighted by Crippen LogP contribution is -2.46. The lowest BCUT2D eigenvalue weighted by Gasteiger charge is -2.30. The number of rotatable bonds is 2. The number of likely N-dealkylation sites (N-methyl/N-ethyl adjacent to an activating group) is 1. The third-order valence-electron chi connectivity index (χ3n) is 2.97. The van der Waals surface area contributed by atoms with Crippen molar-refractivity contribution in [2.45, 2.75) is 18.9 Å². The number of pyridine rings is 1. The predicted molar refractivity (Wildman–Crippen MR) is 65.0 cm³/mol. The van der Waals surface area contributed by atoms with Gasteiger partial charge >= 0.3 is 0 Å². The molecule has 1 aromatic heterocycles. The smallest absolute Gasteiger partial charge is 0.268 e. The van der Waals surface area contributed by atoms with Gasteiger partial charge in [0.25, 0.3) is 5.91 Å². The number of carbonyl (C=O) groups excluding carboxylic acids is 1. The Morgan fingerprint density at radius 1 is 1.53 bits per heavy atom. The number of aromatic amines is 1. The number of hydrogen-bond donors (Lipinski definition) is 2. The molecule has 2 heterocycles. The summed E-state index contributed by atoms with van der Waals surface area (Å²) in [6.07, 6.45) is 2.08. The number of carbonyl (C=O) groups is 1. The van der Waals surface area contributed by atoms with Crippen LogP contribution in [0.2, 0.25) is 0 Å². The number of likely N-dealkylation sites (tertiary alicyclic amines) is 1. The van der Waals surface area contributed by atoms with Crippen LogP contribution in [0.1, 0.15) is 23.3 Å². The van der Waals surface area contributed by atoms with E-state index >= 15 is 0 Å². The number of piperidine rings is 1. The maximum atomic E-state index is 11.9. The molecule has 2 N–H and O–H groups in total. The van der Waals surface area contributed by atoms with E-state index in [4.69, 9.17) is 0 Å². The Kier molecular flexibility index (Phi) is 3.58. The molecule has 1 aromatic rings. The zero-order valence-electron chi connectivity index (χ0n) is 9.90. The van der Waals surface area contributed by atoms with Crippen molar-refractivity contribution in [1.82, 2.24) is 15.2 Å². The fraction of sp³-hybridized carbons (Fsp3) is 0.500. The van der Waals surface area contributed by atoms with Crippen molar-refractivity contribution in [2.75, 3.05) is 20.1 Å². The minimum absolute atomic E-state index is 0.171. The van der Waals surface area contributed by atoms with Gasteiger partial charge in [-0.3, -0.25) is 9.59 Å². The molecular weight excluding hydrogens is 218 g/mol. The molecule has 1 fully saturated rings. The topological polar surface area (TPSA) is 65.2 Å². The van der Waals surface area contributed by atoms with Crippen LogP contribution in [0.3, 0.4) is 0 Å². The summed E-state index contributed by atoms with van der Waals surface area (Å²) >= 11 is 0. The SMILES string of the molecule is CN1CCCC(NC(=O)c2cccc(=O)[nH]2)C1. The third kappa shape index (κ3) is 3.17. The molecule has 17 heavy (non-hydrogen) atoms. The summed E-state index contributed by atoms with van der Waals surface area (Å²) in [5, 5.41) is 2.94. The van der Waals surface area contributed by atoms with Crippen LogP contribution in [0.5, 0.6) is 0 Å². The standard InChI is InChI=1S/C12H17N3O2/c1-15-7-3-4-9(8-15)13-12(17)10-5-2-6-11(16)14-10/h2,5-6,9H,3-4,7-8H2,1H3,(H,13,17)(H,14,16). The fourth-order valence-corrected chi connectivity index (χ4v) is 2.13. The van der Waals surface area contributed by atoms with Crippen molar-refractivity contribution in [3.63, 3.8) is 0 Å². The summed E-state index contributed by atoms with van der Waals surface area (Å²) in [6, 6.07) is 4.76. The number of nitrogens with zero attached hydrogens (tertiary/aromatic N) is 1. The molecule has 0 aromatic carbocycles. The van der Waals surface area contributed by atoms with Crippen molar-refractivity contribution < 1.29 is 4.79 Å². The van der Waals surface area contributed by atoms with Gasteiger partial charge in [-0.1, -0.05) is 6.07 Å². The zero-order valence-corrected chi connectivity index (χ0v) is 9.90. The highest BCUT2D eigenvalue weighted by molar-refractivity contribution is 5.92. The van der Waals surface area contributed by atoms with E-state index in [0.29, 0.717) is 5.69 Å². The molecule has 1 atom stereocenters. The van der Waals surface area contributed by atoms with E-state index in [9.17, 15) is 9.59 Å². The second kappa shape index (κ2) is 5.14. The number of aromatic nitrogens is 1. The van der Waals surface area contributed by atoms with Gasteiger partial charge in [-0.05, 0) is 32.5 Å². The highest BCUT2D eigenvalue weighted by atomic mass is 16.2. The third-order valence-corrected chi connectivity index (χ3v) is 2.97. The van der Waals surface area contributed by atoms with Crippen LogP contribution in [0.4, 0.5) is 0 Å². The van der Waals surface area contributed by atoms with E-state index in [1.165, 1.54) is 6.07 Å². The summed E-state index contributed by atoms with van der Waals surface area (Å²) in [5.41, 5.74) is 0.0733. The van der Waals surface area contributed by atoms with Crippen LogP contribution in [0.15, 0.2) is 23.0 Å². The van der Waals surface area contributed by atoms with E-state index in [-0.39, 0.29) is 17.5 Å². The lowest BCUT2D eigenvalue weighted by atomic mass is 10.1. The fourth-order valence-electron chi connectivity index (χ4n) is 2.13. The van der Waals surface area contributed by atoms with Crippen LogP contribution in [-0.4, -0.2) is 42.0 Å². The Balaban J connectivity index is 1.99. The maximum Gasteiger partial charge on any atom is 0.268 e. The van der Waals surface area contributed by atoms with Crippen molar-refractivity contribution >= 4 is 5.91 Å². The Hall–Kier alpha value is -1.62. The number of nitrogens with one attached hydrogen (secondary N) is 2. The van der Waals surface area contributed by atoms with Gasteiger partial charge in [-0.15, -0.1) is 0 Å². The van der Waals surface area contributed by atoms with Gasteiger partial charge in [-0.25, -0.2) is 0 Å². The lowest BCUT2D eigenvalue weighted by molar-refractivity contribution is 0.0907. The number of hydrogen-bond acceptors (Lipinski definition) is 3. The summed E-state index contributed by atoms with van der Waals surface area (Å²) < 4.78 is 0. The van der Waals surface area contributed by atoms with E-state index in [2.05, 4.69) is 15.2 Å². The molecule has 1 unspecified atom stereocenters. The van der Waals surface area contributed by atoms with Crippen molar-refractivity contribution in [1.29, 1.82) is 0 Å². The molecule has 0 radical (unpaired) electrons. The van der Waals surface area contributed by atoms with Crippen LogP contribution in [0.25, 0.3) is 0 Å². The normalized spacial score (nSPS) is 21.1. The van der Waals surface area contributed by atoms with E-state index < -0.39 is 0 Å².